The number of thioether (sulfide) groups is 1. The van der Waals surface area contributed by atoms with E-state index < -0.39 is 27.0 Å². The van der Waals surface area contributed by atoms with Gasteiger partial charge in [-0.05, 0) is 36.8 Å². The molecular formula is C21H19Cl2N2O5S4-. The fourth-order valence-corrected chi connectivity index (χ4v) is 7.14. The molecule has 13 heteroatoms. The number of benzene rings is 2. The third-order valence-corrected chi connectivity index (χ3v) is 9.21. The topological polar surface area (TPSA) is 104 Å². The second-order valence-electron chi connectivity index (χ2n) is 7.53. The second-order valence-corrected chi connectivity index (χ2v) is 13.1. The number of aryl methyl sites for hydroxylation is 1. The van der Waals surface area contributed by atoms with Crippen molar-refractivity contribution in [1.82, 2.24) is 0 Å². The van der Waals surface area contributed by atoms with Crippen LogP contribution in [0.15, 0.2) is 46.3 Å². The Balaban J connectivity index is 1.73. The molecule has 1 atom stereocenters. The summed E-state index contributed by atoms with van der Waals surface area (Å²) >= 11 is 13.4. The van der Waals surface area contributed by atoms with Crippen LogP contribution in [0.1, 0.15) is 17.8 Å². The number of rotatable bonds is 9. The van der Waals surface area contributed by atoms with Crippen molar-refractivity contribution in [3.8, 4) is 0 Å². The summed E-state index contributed by atoms with van der Waals surface area (Å²) < 4.78 is 58.4. The molecule has 2 aromatic carbocycles. The molecule has 7 nitrogen and oxygen atoms in total. The van der Waals surface area contributed by atoms with Gasteiger partial charge < -0.3 is 14.0 Å². The lowest BCUT2D eigenvalue weighted by atomic mass is 10.2. The number of fused-ring (bicyclic) bond motifs is 2. The Morgan fingerprint density at radius 1 is 1.12 bits per heavy atom. The Hall–Kier alpha value is -1.18. The Kier molecular flexibility index (Phi) is 8.25. The summed E-state index contributed by atoms with van der Waals surface area (Å²) in [6.45, 7) is 0.824. The van der Waals surface area contributed by atoms with Gasteiger partial charge in [0.2, 0.25) is 5.52 Å². The number of hydrogen-bond acceptors (Lipinski definition) is 8. The van der Waals surface area contributed by atoms with E-state index in [9.17, 15) is 21.7 Å². The van der Waals surface area contributed by atoms with Crippen molar-refractivity contribution < 1.29 is 26.3 Å². The van der Waals surface area contributed by atoms with Gasteiger partial charge in [0.05, 0.1) is 26.9 Å². The van der Waals surface area contributed by atoms with E-state index in [-0.39, 0.29) is 12.2 Å². The van der Waals surface area contributed by atoms with Gasteiger partial charge in [-0.2, -0.15) is 4.57 Å². The summed E-state index contributed by atoms with van der Waals surface area (Å²) in [7, 11) is -4.32. The minimum Gasteiger partial charge on any atom is -0.772 e. The Morgan fingerprint density at radius 2 is 1.85 bits per heavy atom. The van der Waals surface area contributed by atoms with E-state index >= 15 is 0 Å². The first-order valence-corrected chi connectivity index (χ1v) is 15.4. The van der Waals surface area contributed by atoms with Crippen molar-refractivity contribution in [2.24, 2.45) is 0 Å². The van der Waals surface area contributed by atoms with Gasteiger partial charge in [-0.3, -0.25) is 4.21 Å². The van der Waals surface area contributed by atoms with Crippen molar-refractivity contribution in [1.29, 1.82) is 0 Å². The maximum absolute atomic E-state index is 11.1. The summed E-state index contributed by atoms with van der Waals surface area (Å²) in [5.74, 6) is -0.402. The summed E-state index contributed by atoms with van der Waals surface area (Å²) in [5, 5.41) is 2.90. The van der Waals surface area contributed by atoms with Crippen molar-refractivity contribution in [2.45, 2.75) is 24.3 Å². The summed E-state index contributed by atoms with van der Waals surface area (Å²) in [6.07, 6.45) is 2.62. The highest BCUT2D eigenvalue weighted by molar-refractivity contribution is 8.03. The molecule has 0 spiro atoms. The average Bonchev–Trinajstić information content (AvgIpc) is 3.25. The molecule has 0 radical (unpaired) electrons. The molecular weight excluding hydrogens is 559 g/mol. The molecule has 4 rings (SSSR count). The van der Waals surface area contributed by atoms with Crippen LogP contribution in [0, 0.1) is 0 Å². The standard InChI is InChI=1S/C21H20Cl2N2O5S4/c22-14-3-5-18-16(11-14)24(7-1-9-33(26)27)20(31-18)13-21-25(8-2-10-34(28,29)30)17-12-15(23)4-6-19(17)32-21/h3-6,11-13H,1-2,7-10H2,(H-,26,27,28,29,30)/p-1. The lowest BCUT2D eigenvalue weighted by Gasteiger charge is -2.20. The fraction of sp³-hybridized carbons (Fsp3) is 0.286. The van der Waals surface area contributed by atoms with Gasteiger partial charge in [-0.15, -0.1) is 0 Å². The molecule has 1 unspecified atom stereocenters. The van der Waals surface area contributed by atoms with Gasteiger partial charge in [0.1, 0.15) is 4.70 Å². The molecule has 1 aromatic heterocycles. The van der Waals surface area contributed by atoms with Crippen LogP contribution in [0.25, 0.3) is 16.3 Å². The normalized spacial score (nSPS) is 15.9. The van der Waals surface area contributed by atoms with E-state index in [0.717, 1.165) is 30.8 Å². The van der Waals surface area contributed by atoms with Crippen molar-refractivity contribution in [3.63, 3.8) is 0 Å². The minimum absolute atomic E-state index is 0.0510. The predicted octanol–water partition coefficient (Wildman–Crippen LogP) is 4.61. The van der Waals surface area contributed by atoms with Gasteiger partial charge in [-0.1, -0.05) is 57.4 Å². The van der Waals surface area contributed by atoms with Crippen LogP contribution >= 0.6 is 46.3 Å². The molecule has 0 N–H and O–H groups in total. The van der Waals surface area contributed by atoms with Crippen LogP contribution in [0.4, 0.5) is 5.69 Å². The molecule has 0 saturated carbocycles. The zero-order valence-corrected chi connectivity index (χ0v) is 22.4. The molecule has 2 heterocycles. The highest BCUT2D eigenvalue weighted by atomic mass is 35.5. The lowest BCUT2D eigenvalue weighted by Crippen LogP contribution is -2.36. The molecule has 0 amide bonds. The lowest BCUT2D eigenvalue weighted by molar-refractivity contribution is -0.668. The zero-order valence-electron chi connectivity index (χ0n) is 17.6. The molecule has 0 aliphatic carbocycles. The average molecular weight is 579 g/mol. The molecule has 0 saturated heterocycles. The minimum atomic E-state index is -4.32. The number of anilines is 1. The molecule has 0 fully saturated rings. The highest BCUT2D eigenvalue weighted by Gasteiger charge is 2.28. The molecule has 0 bridgehead atoms. The molecule has 1 aliphatic heterocycles. The van der Waals surface area contributed by atoms with Crippen molar-refractivity contribution in [3.05, 3.63) is 56.5 Å². The first-order chi connectivity index (χ1) is 16.1. The number of aromatic nitrogens is 1. The van der Waals surface area contributed by atoms with Crippen LogP contribution in [0.5, 0.6) is 0 Å². The van der Waals surface area contributed by atoms with E-state index in [1.165, 1.54) is 11.3 Å². The number of nitrogens with zero attached hydrogens (tertiary/aromatic N) is 2. The predicted molar refractivity (Wildman–Crippen MR) is 137 cm³/mol. The maximum Gasteiger partial charge on any atom is 0.265 e. The Morgan fingerprint density at radius 3 is 2.59 bits per heavy atom. The van der Waals surface area contributed by atoms with Crippen LogP contribution in [-0.4, -0.2) is 39.8 Å². The van der Waals surface area contributed by atoms with E-state index in [1.807, 2.05) is 45.9 Å². The third kappa shape index (κ3) is 6.33. The smallest absolute Gasteiger partial charge is 0.265 e. The zero-order chi connectivity index (χ0) is 24.5. The van der Waals surface area contributed by atoms with E-state index in [0.29, 0.717) is 29.6 Å². The quantitative estimate of drug-likeness (QED) is 0.208. The van der Waals surface area contributed by atoms with Crippen LogP contribution in [0.2, 0.25) is 10.0 Å². The maximum atomic E-state index is 11.1. The van der Waals surface area contributed by atoms with Crippen molar-refractivity contribution in [2.75, 3.05) is 23.0 Å². The molecule has 3 aromatic rings. The largest absolute Gasteiger partial charge is 0.772 e. The van der Waals surface area contributed by atoms with Gasteiger partial charge in [0.15, 0.2) is 6.54 Å². The van der Waals surface area contributed by atoms with E-state index in [4.69, 9.17) is 23.2 Å². The summed E-state index contributed by atoms with van der Waals surface area (Å²) in [6, 6.07) is 11.1. The van der Waals surface area contributed by atoms with Gasteiger partial charge >= 0.3 is 0 Å². The first-order valence-electron chi connectivity index (χ1n) is 10.2. The van der Waals surface area contributed by atoms with E-state index in [2.05, 4.69) is 0 Å². The molecule has 34 heavy (non-hydrogen) atoms. The van der Waals surface area contributed by atoms with Crippen LogP contribution < -0.4 is 9.47 Å². The molecule has 1 aliphatic rings. The Labute approximate surface area is 218 Å². The summed E-state index contributed by atoms with van der Waals surface area (Å²) in [5.41, 5.74) is 1.76. The van der Waals surface area contributed by atoms with Gasteiger partial charge in [0.25, 0.3) is 5.01 Å². The van der Waals surface area contributed by atoms with Crippen LogP contribution in [0.3, 0.4) is 0 Å². The SMILES string of the molecule is O=S([O-])CCCN1/C(=C/c2sc3ccc(Cl)cc3[n+]2CCCS(=O)(=O)[O-])Sc2ccc(Cl)cc21. The Bertz CT molecular complexity index is 1390. The van der Waals surface area contributed by atoms with Crippen LogP contribution in [-0.2, 0) is 27.7 Å². The molecule has 182 valence electrons. The number of halogens is 2. The van der Waals surface area contributed by atoms with E-state index in [1.54, 1.807) is 17.8 Å². The monoisotopic (exact) mass is 577 g/mol. The van der Waals surface area contributed by atoms with Gasteiger partial charge in [-0.25, -0.2) is 8.42 Å². The number of hydrogen-bond donors (Lipinski definition) is 0. The fourth-order valence-electron chi connectivity index (χ4n) is 3.67. The van der Waals surface area contributed by atoms with Crippen molar-refractivity contribution >= 4 is 89.5 Å². The van der Waals surface area contributed by atoms with Gasteiger partial charge in [0, 0.05) is 45.5 Å². The summed E-state index contributed by atoms with van der Waals surface area (Å²) in [4.78, 5) is 3.05. The second kappa shape index (κ2) is 10.8. The number of thiazole rings is 1. The first kappa shape index (κ1) is 25.9. The third-order valence-electron chi connectivity index (χ3n) is 5.10. The highest BCUT2D eigenvalue weighted by Crippen LogP contribution is 2.47.